The zero-order valence-electron chi connectivity index (χ0n) is 31.4. The second-order valence-corrected chi connectivity index (χ2v) is 15.7. The van der Waals surface area contributed by atoms with Gasteiger partial charge in [0.15, 0.2) is 5.78 Å². The first kappa shape index (κ1) is 44.2. The average Bonchev–Trinajstić information content (AvgIpc) is 3.93. The van der Waals surface area contributed by atoms with Crippen LogP contribution in [-0.4, -0.2) is 121 Å². The highest BCUT2D eigenvalue weighted by molar-refractivity contribution is 8.00. The number of carboxylic acid groups (broad SMARTS) is 1. The second-order valence-electron chi connectivity index (χ2n) is 13.5. The molecule has 1 unspecified atom stereocenters. The fourth-order valence-corrected chi connectivity index (χ4v) is 8.98. The number of thioether (sulfide) groups is 1. The Bertz CT molecular complexity index is 1910. The molecule has 0 aliphatic carbocycles. The standard InChI is InChI=1S/C34H44N10O5S2.C2HF3O2/c35-43-42-24-7-5-22(6-8-24)30(46)23-9-14-44(15-10-23)31-25-11-20-50-32(25)41-33(40-31)37-13-17-49-19-18-48-16-12-36-28(45)4-2-1-3-27-29-26(21-51-27)38-34(47)39-29;3-2(4,5)1(6)7/h5-8,11,20,23,26-27,29H,1-4,9-10,12-19,21H2,(H,36,45)(H,37,40,41)(H2,38,39,47);(H,6,7)/t26-,27?,29-;/m0./s1. The van der Waals surface area contributed by atoms with E-state index >= 15 is 0 Å². The van der Waals surface area contributed by atoms with Crippen LogP contribution in [-0.2, 0) is 19.1 Å². The number of anilines is 2. The van der Waals surface area contributed by atoms with Gasteiger partial charge in [-0.1, -0.05) is 35.8 Å². The maximum Gasteiger partial charge on any atom is 0.490 e. The van der Waals surface area contributed by atoms with Gasteiger partial charge in [0.25, 0.3) is 0 Å². The van der Waals surface area contributed by atoms with Gasteiger partial charge < -0.3 is 40.7 Å². The quantitative estimate of drug-likeness (QED) is 0.0246. The lowest BCUT2D eigenvalue weighted by molar-refractivity contribution is -0.192. The summed E-state index contributed by atoms with van der Waals surface area (Å²) in [5.41, 5.74) is 9.73. The number of amides is 3. The van der Waals surface area contributed by atoms with E-state index in [1.807, 2.05) is 23.2 Å². The van der Waals surface area contributed by atoms with E-state index in [2.05, 4.69) is 41.2 Å². The molecule has 1 aromatic carbocycles. The SMILES string of the molecule is O=C(O)C(F)(F)F.[N-]=[N+]=Nc1ccc(C(=O)C2CCN(c3nc(NCCOCCOCCNC(=O)CCCCC4SC[C@@H]5NC(=O)N[C@H]45)nc4sccc34)CC2)cc1. The number of ether oxygens (including phenoxy) is 2. The van der Waals surface area contributed by atoms with Gasteiger partial charge in [0, 0.05) is 65.7 Å². The number of halogens is 3. The predicted molar refractivity (Wildman–Crippen MR) is 213 cm³/mol. The van der Waals surface area contributed by atoms with Gasteiger partial charge >= 0.3 is 18.2 Å². The van der Waals surface area contributed by atoms with Gasteiger partial charge in [0.05, 0.1) is 43.9 Å². The van der Waals surface area contributed by atoms with Crippen LogP contribution in [0.15, 0.2) is 40.8 Å². The Morgan fingerprint density at radius 2 is 1.72 bits per heavy atom. The van der Waals surface area contributed by atoms with Crippen molar-refractivity contribution >= 4 is 74.5 Å². The molecule has 5 heterocycles. The molecule has 17 nitrogen and oxygen atoms in total. The Kier molecular flexibility index (Phi) is 16.6. The van der Waals surface area contributed by atoms with Crippen molar-refractivity contribution in [3.8, 4) is 0 Å². The van der Waals surface area contributed by atoms with Gasteiger partial charge in [-0.25, -0.2) is 14.6 Å². The van der Waals surface area contributed by atoms with E-state index in [1.165, 1.54) is 0 Å². The fourth-order valence-electron chi connectivity index (χ4n) is 6.68. The first-order valence-electron chi connectivity index (χ1n) is 18.8. The summed E-state index contributed by atoms with van der Waals surface area (Å²) in [6.07, 6.45) is -0.346. The van der Waals surface area contributed by atoms with E-state index in [4.69, 9.17) is 29.9 Å². The topological polar surface area (TPSA) is 233 Å². The number of Topliss-reactive ketones (excluding diaryl/α,β-unsaturated/α-hetero) is 1. The van der Waals surface area contributed by atoms with Gasteiger partial charge in [0.2, 0.25) is 11.9 Å². The molecule has 3 fully saturated rings. The first-order chi connectivity index (χ1) is 27.9. The molecule has 0 bridgehead atoms. The highest BCUT2D eigenvalue weighted by Crippen LogP contribution is 2.34. The number of benzene rings is 1. The number of piperidine rings is 1. The van der Waals surface area contributed by atoms with Gasteiger partial charge in [-0.15, -0.1) is 11.3 Å². The summed E-state index contributed by atoms with van der Waals surface area (Å²) in [5, 5.41) is 26.3. The van der Waals surface area contributed by atoms with Crippen molar-refractivity contribution < 1.29 is 46.9 Å². The highest BCUT2D eigenvalue weighted by Gasteiger charge is 2.42. The molecule has 3 atom stereocenters. The Hall–Kier alpha value is -4.89. The van der Waals surface area contributed by atoms with Crippen LogP contribution in [0.4, 0.5) is 35.4 Å². The zero-order valence-corrected chi connectivity index (χ0v) is 33.0. The molecule has 22 heteroatoms. The number of hydrogen-bond donors (Lipinski definition) is 5. The maximum atomic E-state index is 13.1. The van der Waals surface area contributed by atoms with Crippen molar-refractivity contribution in [2.75, 3.05) is 68.6 Å². The summed E-state index contributed by atoms with van der Waals surface area (Å²) in [7, 11) is 0. The lowest BCUT2D eigenvalue weighted by atomic mass is 9.89. The number of aliphatic carboxylic acids is 1. The first-order valence-corrected chi connectivity index (χ1v) is 20.7. The molecule has 6 rings (SSSR count). The Balaban J connectivity index is 0.000000839. The predicted octanol–water partition coefficient (Wildman–Crippen LogP) is 5.65. The Labute approximate surface area is 339 Å². The van der Waals surface area contributed by atoms with Crippen molar-refractivity contribution in [1.82, 2.24) is 25.9 Å². The van der Waals surface area contributed by atoms with Crippen molar-refractivity contribution in [3.05, 3.63) is 51.7 Å². The van der Waals surface area contributed by atoms with Crippen molar-refractivity contribution in [2.45, 2.75) is 62.0 Å². The van der Waals surface area contributed by atoms with Gasteiger partial charge in [-0.2, -0.15) is 29.9 Å². The molecule has 3 aliphatic rings. The largest absolute Gasteiger partial charge is 0.490 e. The van der Waals surface area contributed by atoms with E-state index in [1.54, 1.807) is 35.6 Å². The third kappa shape index (κ3) is 13.1. The molecule has 3 saturated heterocycles. The van der Waals surface area contributed by atoms with Crippen LogP contribution in [0.2, 0.25) is 0 Å². The number of azide groups is 1. The monoisotopic (exact) mass is 850 g/mol. The number of thiophene rings is 1. The Morgan fingerprint density at radius 1 is 1.02 bits per heavy atom. The summed E-state index contributed by atoms with van der Waals surface area (Å²) < 4.78 is 43.1. The van der Waals surface area contributed by atoms with Crippen LogP contribution < -0.4 is 26.2 Å². The fraction of sp³-hybridized carbons (Fsp3) is 0.556. The molecule has 3 aromatic rings. The number of alkyl halides is 3. The molecule has 314 valence electrons. The van der Waals surface area contributed by atoms with E-state index in [-0.39, 0.29) is 35.7 Å². The lowest BCUT2D eigenvalue weighted by Gasteiger charge is -2.32. The summed E-state index contributed by atoms with van der Waals surface area (Å²) in [6, 6.07) is 9.21. The minimum atomic E-state index is -5.08. The molecule has 3 aliphatic heterocycles. The number of carbonyl (C=O) groups is 4. The van der Waals surface area contributed by atoms with E-state index in [0.29, 0.717) is 81.5 Å². The number of carbonyl (C=O) groups excluding carboxylic acids is 3. The smallest absolute Gasteiger partial charge is 0.475 e. The van der Waals surface area contributed by atoms with Crippen LogP contribution >= 0.6 is 23.1 Å². The number of ketones is 1. The molecule has 3 amide bonds. The van der Waals surface area contributed by atoms with Gasteiger partial charge in [-0.3, -0.25) is 9.59 Å². The van der Waals surface area contributed by atoms with E-state index in [9.17, 15) is 27.6 Å². The van der Waals surface area contributed by atoms with E-state index in [0.717, 1.165) is 53.9 Å². The zero-order chi connectivity index (χ0) is 41.5. The number of unbranched alkanes of at least 4 members (excludes halogenated alkanes) is 1. The molecule has 0 radical (unpaired) electrons. The maximum absolute atomic E-state index is 13.1. The van der Waals surface area contributed by atoms with Crippen LogP contribution in [0.3, 0.4) is 0 Å². The summed E-state index contributed by atoms with van der Waals surface area (Å²) in [4.78, 5) is 61.1. The number of fused-ring (bicyclic) bond motifs is 2. The molecule has 0 spiro atoms. The number of rotatable bonds is 19. The minimum Gasteiger partial charge on any atom is -0.475 e. The number of aromatic nitrogens is 2. The Morgan fingerprint density at radius 3 is 2.41 bits per heavy atom. The van der Waals surface area contributed by atoms with Crippen LogP contribution in [0.1, 0.15) is 48.9 Å². The average molecular weight is 851 g/mol. The number of carboxylic acids is 1. The minimum absolute atomic E-state index is 0.0337. The van der Waals surface area contributed by atoms with E-state index < -0.39 is 12.1 Å². The highest BCUT2D eigenvalue weighted by atomic mass is 32.2. The summed E-state index contributed by atoms with van der Waals surface area (Å²) in [6.45, 7) is 4.18. The number of urea groups is 1. The number of nitrogens with one attached hydrogen (secondary N) is 4. The third-order valence-electron chi connectivity index (χ3n) is 9.58. The van der Waals surface area contributed by atoms with Crippen LogP contribution in [0.5, 0.6) is 0 Å². The van der Waals surface area contributed by atoms with Gasteiger partial charge in [-0.05, 0) is 42.7 Å². The normalized spacial score (nSPS) is 19.0. The second kappa shape index (κ2) is 21.8. The van der Waals surface area contributed by atoms with Crippen molar-refractivity contribution in [2.24, 2.45) is 11.0 Å². The molecule has 5 N–H and O–H groups in total. The summed E-state index contributed by atoms with van der Waals surface area (Å²) in [5.74, 6) is -0.321. The number of hydrogen-bond acceptors (Lipinski definition) is 13. The summed E-state index contributed by atoms with van der Waals surface area (Å²) >= 11 is 3.47. The lowest BCUT2D eigenvalue weighted by Crippen LogP contribution is -2.37. The van der Waals surface area contributed by atoms with Crippen LogP contribution in [0.25, 0.3) is 20.7 Å². The van der Waals surface area contributed by atoms with Gasteiger partial charge in [0.1, 0.15) is 10.6 Å². The molecule has 0 saturated carbocycles. The van der Waals surface area contributed by atoms with Crippen molar-refractivity contribution in [3.63, 3.8) is 0 Å². The molecular weight excluding hydrogens is 806 g/mol. The van der Waals surface area contributed by atoms with Crippen LogP contribution in [0, 0.1) is 5.92 Å². The van der Waals surface area contributed by atoms with Crippen molar-refractivity contribution in [1.29, 1.82) is 0 Å². The third-order valence-corrected chi connectivity index (χ3v) is 11.9. The molecule has 2 aromatic heterocycles. The molecule has 58 heavy (non-hydrogen) atoms. The number of nitrogens with zero attached hydrogens (tertiary/aromatic N) is 6. The molecular formula is C36H45F3N10O7S2.